The van der Waals surface area contributed by atoms with E-state index < -0.39 is 23.4 Å². The maximum absolute atomic E-state index is 13.8. The van der Waals surface area contributed by atoms with Gasteiger partial charge in [0.05, 0.1) is 11.7 Å². The number of ether oxygens (including phenoxy) is 1. The maximum atomic E-state index is 13.8. The van der Waals surface area contributed by atoms with Gasteiger partial charge in [-0.2, -0.15) is 0 Å². The van der Waals surface area contributed by atoms with Crippen LogP contribution in [0, 0.1) is 17.5 Å². The second-order valence-corrected chi connectivity index (χ2v) is 6.31. The van der Waals surface area contributed by atoms with Gasteiger partial charge in [-0.25, -0.2) is 13.2 Å². The molecule has 0 unspecified atom stereocenters. The van der Waals surface area contributed by atoms with E-state index in [1.165, 1.54) is 18.2 Å². The first-order valence-corrected chi connectivity index (χ1v) is 8.43. The number of nitrogens with zero attached hydrogens (tertiary/aromatic N) is 1. The second-order valence-electron chi connectivity index (χ2n) is 5.88. The summed E-state index contributed by atoms with van der Waals surface area (Å²) in [5.74, 6) is -4.49. The van der Waals surface area contributed by atoms with Gasteiger partial charge >= 0.3 is 29.6 Å². The normalized spacial score (nSPS) is 10.3. The minimum Gasteiger partial charge on any atom is -0.543 e. The summed E-state index contributed by atoms with van der Waals surface area (Å²) < 4.78 is 45.7. The van der Waals surface area contributed by atoms with E-state index in [2.05, 4.69) is 4.98 Å². The summed E-state index contributed by atoms with van der Waals surface area (Å²) in [6.45, 7) is -0.343. The first-order chi connectivity index (χ1) is 13.3. The van der Waals surface area contributed by atoms with Gasteiger partial charge in [0, 0.05) is 34.3 Å². The Hall–Kier alpha value is -2.06. The fourth-order valence-corrected chi connectivity index (χ4v) is 2.74. The predicted molar refractivity (Wildman–Crippen MR) is 93.5 cm³/mol. The number of benzene rings is 2. The molecular formula is C20H12ClF3NNaO3. The number of pyridine rings is 1. The SMILES string of the molecule is O=C([O-])c1cccc(Cc2cc(Cl)ccc2OCc2cc(F)c(F)cc2F)n1.[Na+]. The minimum absolute atomic E-state index is 0. The van der Waals surface area contributed by atoms with Gasteiger partial charge in [0.15, 0.2) is 11.6 Å². The summed E-state index contributed by atoms with van der Waals surface area (Å²) in [6, 6.07) is 10.3. The van der Waals surface area contributed by atoms with Crippen molar-refractivity contribution in [2.24, 2.45) is 0 Å². The van der Waals surface area contributed by atoms with Gasteiger partial charge in [0.25, 0.3) is 0 Å². The van der Waals surface area contributed by atoms with Crippen molar-refractivity contribution in [3.8, 4) is 5.75 Å². The van der Waals surface area contributed by atoms with E-state index >= 15 is 0 Å². The van der Waals surface area contributed by atoms with Crippen molar-refractivity contribution in [2.45, 2.75) is 13.0 Å². The van der Waals surface area contributed by atoms with Crippen molar-refractivity contribution in [1.82, 2.24) is 4.98 Å². The number of aromatic nitrogens is 1. The molecule has 0 aliphatic heterocycles. The van der Waals surface area contributed by atoms with Crippen LogP contribution in [-0.4, -0.2) is 11.0 Å². The maximum Gasteiger partial charge on any atom is 1.00 e. The largest absolute Gasteiger partial charge is 1.00 e. The molecule has 0 atom stereocenters. The number of halogens is 4. The Morgan fingerprint density at radius 3 is 2.45 bits per heavy atom. The molecule has 0 radical (unpaired) electrons. The molecule has 9 heteroatoms. The van der Waals surface area contributed by atoms with Gasteiger partial charge in [-0.3, -0.25) is 4.98 Å². The van der Waals surface area contributed by atoms with Crippen molar-refractivity contribution in [3.05, 3.63) is 93.5 Å². The number of aromatic carboxylic acids is 1. The van der Waals surface area contributed by atoms with Gasteiger partial charge in [-0.1, -0.05) is 17.7 Å². The van der Waals surface area contributed by atoms with Gasteiger partial charge < -0.3 is 14.6 Å². The molecule has 2 aromatic carbocycles. The Labute approximate surface area is 191 Å². The van der Waals surface area contributed by atoms with E-state index in [4.69, 9.17) is 16.3 Å². The average molecular weight is 430 g/mol. The van der Waals surface area contributed by atoms with Crippen molar-refractivity contribution in [3.63, 3.8) is 0 Å². The van der Waals surface area contributed by atoms with Crippen LogP contribution in [0.4, 0.5) is 13.2 Å². The molecule has 1 heterocycles. The molecule has 3 aromatic rings. The fraction of sp³-hybridized carbons (Fsp3) is 0.100. The Morgan fingerprint density at radius 2 is 1.72 bits per heavy atom. The quantitative estimate of drug-likeness (QED) is 0.427. The van der Waals surface area contributed by atoms with Crippen LogP contribution in [0.15, 0.2) is 48.5 Å². The van der Waals surface area contributed by atoms with E-state index in [9.17, 15) is 23.1 Å². The van der Waals surface area contributed by atoms with Crippen molar-refractivity contribution >= 4 is 17.6 Å². The Bertz CT molecular complexity index is 1050. The summed E-state index contributed by atoms with van der Waals surface area (Å²) >= 11 is 6.01. The van der Waals surface area contributed by atoms with Crippen LogP contribution < -0.4 is 39.4 Å². The summed E-state index contributed by atoms with van der Waals surface area (Å²) in [5, 5.41) is 11.4. The fourth-order valence-electron chi connectivity index (χ4n) is 2.54. The van der Waals surface area contributed by atoms with E-state index in [0.29, 0.717) is 28.1 Å². The molecule has 144 valence electrons. The molecule has 0 aliphatic rings. The van der Waals surface area contributed by atoms with E-state index in [1.54, 1.807) is 18.2 Å². The number of carbonyl (C=O) groups is 1. The Morgan fingerprint density at radius 1 is 1.00 bits per heavy atom. The number of carboxylic acid groups (broad SMARTS) is 1. The molecule has 0 spiro atoms. The molecule has 0 saturated carbocycles. The molecule has 0 N–H and O–H groups in total. The number of rotatable bonds is 6. The van der Waals surface area contributed by atoms with Crippen LogP contribution in [-0.2, 0) is 13.0 Å². The third-order valence-electron chi connectivity index (χ3n) is 3.88. The average Bonchev–Trinajstić information content (AvgIpc) is 2.65. The van der Waals surface area contributed by atoms with Crippen LogP contribution in [0.3, 0.4) is 0 Å². The van der Waals surface area contributed by atoms with E-state index in [1.807, 2.05) is 0 Å². The monoisotopic (exact) mass is 429 g/mol. The molecule has 0 fully saturated rings. The zero-order valence-corrected chi connectivity index (χ0v) is 18.0. The molecule has 4 nitrogen and oxygen atoms in total. The first-order valence-electron chi connectivity index (χ1n) is 8.05. The van der Waals surface area contributed by atoms with Crippen LogP contribution in [0.5, 0.6) is 5.75 Å². The molecule has 29 heavy (non-hydrogen) atoms. The Kier molecular flexibility index (Phi) is 8.10. The molecule has 0 amide bonds. The van der Waals surface area contributed by atoms with Crippen LogP contribution in [0.1, 0.15) is 27.3 Å². The van der Waals surface area contributed by atoms with Crippen molar-refractivity contribution < 1.29 is 57.4 Å². The predicted octanol–water partition coefficient (Wildman–Crippen LogP) is 0.690. The first kappa shape index (κ1) is 23.2. The van der Waals surface area contributed by atoms with Crippen molar-refractivity contribution in [2.75, 3.05) is 0 Å². The third kappa shape index (κ3) is 5.96. The minimum atomic E-state index is -1.40. The number of carbonyl (C=O) groups excluding carboxylic acids is 1. The second kappa shape index (κ2) is 10.1. The smallest absolute Gasteiger partial charge is 0.543 e. The van der Waals surface area contributed by atoms with Crippen LogP contribution >= 0.6 is 11.6 Å². The topological polar surface area (TPSA) is 62.2 Å². The molecular weight excluding hydrogens is 418 g/mol. The van der Waals surface area contributed by atoms with Crippen LogP contribution in [0.25, 0.3) is 0 Å². The van der Waals surface area contributed by atoms with Gasteiger partial charge in [-0.15, -0.1) is 0 Å². The molecule has 0 saturated heterocycles. The van der Waals surface area contributed by atoms with Gasteiger partial charge in [-0.05, 0) is 36.4 Å². The number of hydrogen-bond acceptors (Lipinski definition) is 4. The molecule has 0 bridgehead atoms. The van der Waals surface area contributed by atoms with Gasteiger partial charge in [0.2, 0.25) is 0 Å². The molecule has 0 aliphatic carbocycles. The summed E-state index contributed by atoms with van der Waals surface area (Å²) in [4.78, 5) is 14.9. The number of carboxylic acids is 1. The van der Waals surface area contributed by atoms with E-state index in [0.717, 1.165) is 6.07 Å². The standard InChI is InChI=1S/C20H13ClF3NO3.Na/c21-13-4-5-19(28-10-12-8-16(23)17(24)9-15(12)22)11(6-13)7-14-2-1-3-18(25-14)20(26)27;/h1-6,8-9H,7,10H2,(H,26,27);/q;+1/p-1. The third-order valence-corrected chi connectivity index (χ3v) is 4.12. The zero-order valence-electron chi connectivity index (χ0n) is 15.2. The van der Waals surface area contributed by atoms with E-state index in [-0.39, 0.29) is 53.8 Å². The molecule has 1 aromatic heterocycles. The number of hydrogen-bond donors (Lipinski definition) is 0. The van der Waals surface area contributed by atoms with Crippen molar-refractivity contribution in [1.29, 1.82) is 0 Å². The van der Waals surface area contributed by atoms with Gasteiger partial charge in [0.1, 0.15) is 18.2 Å². The summed E-state index contributed by atoms with van der Waals surface area (Å²) in [6.07, 6.45) is 0.178. The Balaban J connectivity index is 0.00000300. The zero-order chi connectivity index (χ0) is 20.3. The van der Waals surface area contributed by atoms with Crippen LogP contribution in [0.2, 0.25) is 5.02 Å². The summed E-state index contributed by atoms with van der Waals surface area (Å²) in [5.41, 5.74) is 0.606. The molecule has 3 rings (SSSR count). The summed E-state index contributed by atoms with van der Waals surface area (Å²) in [7, 11) is 0.